The smallest absolute Gasteiger partial charge is 0.186 e. The molecule has 0 radical (unpaired) electrons. The lowest BCUT2D eigenvalue weighted by atomic mass is 10.0. The lowest BCUT2D eigenvalue weighted by Gasteiger charge is -2.04. The van der Waals surface area contributed by atoms with Crippen molar-refractivity contribution >= 4 is 11.1 Å². The molecule has 3 heteroatoms. The highest BCUT2D eigenvalue weighted by Crippen LogP contribution is 2.15. The second-order valence-corrected chi connectivity index (χ2v) is 3.94. The third-order valence-corrected chi connectivity index (χ3v) is 2.42. The van der Waals surface area contributed by atoms with E-state index in [1.54, 1.807) is 12.1 Å². The van der Waals surface area contributed by atoms with Crippen LogP contribution in [-0.2, 0) is 11.1 Å². The zero-order chi connectivity index (χ0) is 9.14. The minimum absolute atomic E-state index is 0.458. The third-order valence-electron chi connectivity index (χ3n) is 1.75. The summed E-state index contributed by atoms with van der Waals surface area (Å²) in [4.78, 5) is 0.458. The molecule has 0 bridgehead atoms. The van der Waals surface area contributed by atoms with Gasteiger partial charge in [-0.1, -0.05) is 26.0 Å². The van der Waals surface area contributed by atoms with Gasteiger partial charge in [-0.3, -0.25) is 0 Å². The second-order valence-electron chi connectivity index (χ2n) is 2.97. The summed E-state index contributed by atoms with van der Waals surface area (Å²) in [6, 6.07) is 7.14. The van der Waals surface area contributed by atoms with Crippen LogP contribution in [0.5, 0.6) is 0 Å². The van der Waals surface area contributed by atoms with Gasteiger partial charge in [0.2, 0.25) is 0 Å². The molecule has 0 aliphatic carbocycles. The van der Waals surface area contributed by atoms with Gasteiger partial charge in [0.25, 0.3) is 0 Å². The number of hydrogen-bond donors (Lipinski definition) is 1. The Balaban J connectivity index is 2.93. The molecule has 66 valence electrons. The van der Waals surface area contributed by atoms with Crippen molar-refractivity contribution in [2.45, 2.75) is 24.7 Å². The van der Waals surface area contributed by atoms with Gasteiger partial charge in [-0.25, -0.2) is 4.21 Å². The molecule has 0 aliphatic heterocycles. The van der Waals surface area contributed by atoms with Crippen LogP contribution in [-0.4, -0.2) is 8.76 Å². The second kappa shape index (κ2) is 3.83. The Hall–Kier alpha value is -0.670. The number of rotatable bonds is 2. The quantitative estimate of drug-likeness (QED) is 0.716. The Morgan fingerprint density at radius 2 is 1.75 bits per heavy atom. The highest BCUT2D eigenvalue weighted by atomic mass is 32.2. The average molecular weight is 184 g/mol. The van der Waals surface area contributed by atoms with Crippen LogP contribution in [0.2, 0.25) is 0 Å². The molecule has 0 aliphatic rings. The Morgan fingerprint density at radius 3 is 2.08 bits per heavy atom. The van der Waals surface area contributed by atoms with Crippen LogP contribution in [0.1, 0.15) is 25.3 Å². The minimum Gasteiger partial charge on any atom is -0.302 e. The zero-order valence-corrected chi connectivity index (χ0v) is 7.97. The van der Waals surface area contributed by atoms with Gasteiger partial charge >= 0.3 is 0 Å². The summed E-state index contributed by atoms with van der Waals surface area (Å²) in [6.45, 7) is 4.18. The van der Waals surface area contributed by atoms with Crippen molar-refractivity contribution in [2.75, 3.05) is 0 Å². The maximum absolute atomic E-state index is 10.6. The molecule has 1 atom stereocenters. The van der Waals surface area contributed by atoms with Crippen molar-refractivity contribution in [2.24, 2.45) is 0 Å². The van der Waals surface area contributed by atoms with Gasteiger partial charge in [-0.15, -0.1) is 0 Å². The van der Waals surface area contributed by atoms with Gasteiger partial charge in [0.15, 0.2) is 11.1 Å². The lowest BCUT2D eigenvalue weighted by Crippen LogP contribution is -1.90. The molecule has 0 saturated carbocycles. The van der Waals surface area contributed by atoms with E-state index in [-0.39, 0.29) is 0 Å². The van der Waals surface area contributed by atoms with E-state index in [4.69, 9.17) is 4.55 Å². The maximum Gasteiger partial charge on any atom is 0.186 e. The van der Waals surface area contributed by atoms with E-state index < -0.39 is 11.1 Å². The Kier molecular flexibility index (Phi) is 3.00. The van der Waals surface area contributed by atoms with Crippen molar-refractivity contribution in [3.63, 3.8) is 0 Å². The van der Waals surface area contributed by atoms with Gasteiger partial charge in [-0.2, -0.15) is 0 Å². The van der Waals surface area contributed by atoms with Crippen LogP contribution in [0.4, 0.5) is 0 Å². The fourth-order valence-corrected chi connectivity index (χ4v) is 1.34. The highest BCUT2D eigenvalue weighted by Gasteiger charge is 2.01. The highest BCUT2D eigenvalue weighted by molar-refractivity contribution is 7.79. The summed E-state index contributed by atoms with van der Waals surface area (Å²) in [6.07, 6.45) is 0. The van der Waals surface area contributed by atoms with Crippen LogP contribution < -0.4 is 0 Å². The van der Waals surface area contributed by atoms with Gasteiger partial charge in [0, 0.05) is 0 Å². The van der Waals surface area contributed by atoms with Crippen molar-refractivity contribution < 1.29 is 8.76 Å². The number of benzene rings is 1. The monoisotopic (exact) mass is 184 g/mol. The molecule has 0 saturated heterocycles. The van der Waals surface area contributed by atoms with Crippen LogP contribution >= 0.6 is 0 Å². The molecule has 1 aromatic rings. The molecular formula is C9H12O2S. The predicted octanol–water partition coefficient (Wildman–Crippen LogP) is 2.39. The van der Waals surface area contributed by atoms with Gasteiger partial charge < -0.3 is 4.55 Å². The summed E-state index contributed by atoms with van der Waals surface area (Å²) in [5, 5.41) is 0. The van der Waals surface area contributed by atoms with Crippen molar-refractivity contribution in [1.29, 1.82) is 0 Å². The molecule has 1 aromatic carbocycles. The third kappa shape index (κ3) is 2.16. The summed E-state index contributed by atoms with van der Waals surface area (Å²) in [5.74, 6) is 0.464. The van der Waals surface area contributed by atoms with Crippen molar-refractivity contribution in [3.8, 4) is 0 Å². The molecule has 0 spiro atoms. The van der Waals surface area contributed by atoms with E-state index in [0.717, 1.165) is 0 Å². The molecule has 1 rings (SSSR count). The van der Waals surface area contributed by atoms with Crippen LogP contribution in [0.3, 0.4) is 0 Å². The first kappa shape index (κ1) is 9.42. The lowest BCUT2D eigenvalue weighted by molar-refractivity contribution is 0.564. The topological polar surface area (TPSA) is 37.3 Å². The minimum atomic E-state index is -1.85. The predicted molar refractivity (Wildman–Crippen MR) is 49.6 cm³/mol. The molecular weight excluding hydrogens is 172 g/mol. The van der Waals surface area contributed by atoms with Crippen molar-refractivity contribution in [1.82, 2.24) is 0 Å². The molecule has 0 heterocycles. The standard InChI is InChI=1S/C9H12O2S/c1-7(2)8-3-5-9(6-4-8)12(10)11/h3-7H,1-2H3,(H,10,11). The first-order valence-electron chi connectivity index (χ1n) is 3.82. The Morgan fingerprint density at radius 1 is 1.25 bits per heavy atom. The zero-order valence-electron chi connectivity index (χ0n) is 7.15. The normalized spacial score (nSPS) is 13.3. The molecule has 0 amide bonds. The van der Waals surface area contributed by atoms with Gasteiger partial charge in [0.05, 0.1) is 4.90 Å². The first-order valence-corrected chi connectivity index (χ1v) is 4.92. The van der Waals surface area contributed by atoms with Crippen LogP contribution in [0, 0.1) is 0 Å². The van der Waals surface area contributed by atoms with Crippen LogP contribution in [0.25, 0.3) is 0 Å². The summed E-state index contributed by atoms with van der Waals surface area (Å²) in [7, 11) is 0. The molecule has 2 nitrogen and oxygen atoms in total. The summed E-state index contributed by atoms with van der Waals surface area (Å²) >= 11 is -1.85. The van der Waals surface area contributed by atoms with Gasteiger partial charge in [-0.05, 0) is 23.6 Å². The molecule has 1 N–H and O–H groups in total. The van der Waals surface area contributed by atoms with Crippen LogP contribution in [0.15, 0.2) is 29.2 Å². The van der Waals surface area contributed by atoms with Gasteiger partial charge in [0.1, 0.15) is 0 Å². The SMILES string of the molecule is CC(C)c1ccc(S(=O)O)cc1. The summed E-state index contributed by atoms with van der Waals surface area (Å²) in [5.41, 5.74) is 1.18. The maximum atomic E-state index is 10.6. The number of hydrogen-bond acceptors (Lipinski definition) is 1. The van der Waals surface area contributed by atoms with E-state index in [9.17, 15) is 4.21 Å². The van der Waals surface area contributed by atoms with E-state index >= 15 is 0 Å². The average Bonchev–Trinajstić information content (AvgIpc) is 2.04. The summed E-state index contributed by atoms with van der Waals surface area (Å²) < 4.78 is 19.3. The molecule has 12 heavy (non-hydrogen) atoms. The fraction of sp³-hybridized carbons (Fsp3) is 0.333. The largest absolute Gasteiger partial charge is 0.302 e. The van der Waals surface area contributed by atoms with E-state index in [2.05, 4.69) is 13.8 Å². The molecule has 0 aromatic heterocycles. The Bertz CT molecular complexity index is 277. The van der Waals surface area contributed by atoms with E-state index in [0.29, 0.717) is 10.8 Å². The van der Waals surface area contributed by atoms with E-state index in [1.165, 1.54) is 5.56 Å². The van der Waals surface area contributed by atoms with E-state index in [1.807, 2.05) is 12.1 Å². The molecule has 1 unspecified atom stereocenters. The van der Waals surface area contributed by atoms with Crippen molar-refractivity contribution in [3.05, 3.63) is 29.8 Å². The Labute approximate surface area is 74.9 Å². The molecule has 0 fully saturated rings. The fourth-order valence-electron chi connectivity index (χ4n) is 0.969. The first-order chi connectivity index (χ1) is 5.61.